The largest absolute Gasteiger partial charge is 0.372 e. The highest BCUT2D eigenvalue weighted by atomic mass is 15.2. The van der Waals surface area contributed by atoms with E-state index in [4.69, 9.17) is 0 Å². The maximum Gasteiger partial charge on any atom is 0.180 e. The first-order valence-corrected chi connectivity index (χ1v) is 6.98. The van der Waals surface area contributed by atoms with Gasteiger partial charge in [-0.3, -0.25) is 4.98 Å². The molecule has 0 unspecified atom stereocenters. The molecule has 108 valence electrons. The van der Waals surface area contributed by atoms with Crippen molar-refractivity contribution in [3.8, 4) is 0 Å². The SMILES string of the molecule is CCN(Cc1ccccn1)c1nc(NC)cn2ccnc12. The van der Waals surface area contributed by atoms with Gasteiger partial charge in [-0.2, -0.15) is 0 Å². The molecule has 3 aromatic rings. The van der Waals surface area contributed by atoms with Crippen LogP contribution in [-0.4, -0.2) is 32.9 Å². The van der Waals surface area contributed by atoms with Gasteiger partial charge in [0.2, 0.25) is 0 Å². The Morgan fingerprint density at radius 1 is 1.24 bits per heavy atom. The summed E-state index contributed by atoms with van der Waals surface area (Å²) in [5.41, 5.74) is 1.87. The standard InChI is InChI=1S/C15H18N6/c1-3-20(10-12-6-4-5-7-17-12)15-14-18-8-9-21(14)11-13(16-2)19-15/h4-9,11,16H,3,10H2,1-2H3. The number of fused-ring (bicyclic) bond motifs is 1. The summed E-state index contributed by atoms with van der Waals surface area (Å²) in [6.07, 6.45) is 7.46. The summed E-state index contributed by atoms with van der Waals surface area (Å²) in [6.45, 7) is 3.65. The minimum atomic E-state index is 0.708. The number of pyridine rings is 1. The monoisotopic (exact) mass is 282 g/mol. The molecule has 0 atom stereocenters. The number of aromatic nitrogens is 4. The van der Waals surface area contributed by atoms with Gasteiger partial charge in [0, 0.05) is 32.2 Å². The Balaban J connectivity index is 2.01. The molecule has 3 aromatic heterocycles. The highest BCUT2D eigenvalue weighted by Gasteiger charge is 2.14. The Kier molecular flexibility index (Phi) is 3.68. The summed E-state index contributed by atoms with van der Waals surface area (Å²) in [4.78, 5) is 15.6. The van der Waals surface area contributed by atoms with Crippen molar-refractivity contribution in [2.45, 2.75) is 13.5 Å². The maximum absolute atomic E-state index is 4.66. The van der Waals surface area contributed by atoms with Crippen LogP contribution in [0.4, 0.5) is 11.6 Å². The molecule has 6 heteroatoms. The molecular formula is C15H18N6. The van der Waals surface area contributed by atoms with Crippen molar-refractivity contribution in [2.24, 2.45) is 0 Å². The number of hydrogen-bond donors (Lipinski definition) is 1. The van der Waals surface area contributed by atoms with Crippen molar-refractivity contribution < 1.29 is 0 Å². The lowest BCUT2D eigenvalue weighted by Gasteiger charge is -2.22. The fourth-order valence-corrected chi connectivity index (χ4v) is 2.27. The van der Waals surface area contributed by atoms with Gasteiger partial charge in [0.05, 0.1) is 18.4 Å². The maximum atomic E-state index is 4.66. The third-order valence-electron chi connectivity index (χ3n) is 3.37. The topological polar surface area (TPSA) is 58.4 Å². The van der Waals surface area contributed by atoms with Crippen LogP contribution >= 0.6 is 0 Å². The second-order valence-corrected chi connectivity index (χ2v) is 4.69. The van der Waals surface area contributed by atoms with Gasteiger partial charge >= 0.3 is 0 Å². The van der Waals surface area contributed by atoms with Crippen LogP contribution in [0, 0.1) is 0 Å². The summed E-state index contributed by atoms with van der Waals surface area (Å²) < 4.78 is 1.98. The van der Waals surface area contributed by atoms with Crippen LogP contribution in [0.15, 0.2) is 43.0 Å². The fraction of sp³-hybridized carbons (Fsp3) is 0.267. The van der Waals surface area contributed by atoms with Crippen LogP contribution in [0.3, 0.4) is 0 Å². The normalized spacial score (nSPS) is 10.8. The first-order chi connectivity index (χ1) is 10.3. The van der Waals surface area contributed by atoms with Gasteiger partial charge in [-0.05, 0) is 19.1 Å². The Morgan fingerprint density at radius 2 is 2.14 bits per heavy atom. The van der Waals surface area contributed by atoms with Crippen LogP contribution in [0.1, 0.15) is 12.6 Å². The average Bonchev–Trinajstić information content (AvgIpc) is 3.01. The van der Waals surface area contributed by atoms with E-state index in [-0.39, 0.29) is 0 Å². The quantitative estimate of drug-likeness (QED) is 0.777. The molecule has 6 nitrogen and oxygen atoms in total. The van der Waals surface area contributed by atoms with Crippen LogP contribution in [0.25, 0.3) is 5.65 Å². The zero-order chi connectivity index (χ0) is 14.7. The van der Waals surface area contributed by atoms with E-state index >= 15 is 0 Å². The van der Waals surface area contributed by atoms with Crippen LogP contribution in [0.5, 0.6) is 0 Å². The van der Waals surface area contributed by atoms with E-state index in [1.54, 1.807) is 6.20 Å². The summed E-state index contributed by atoms with van der Waals surface area (Å²) in [6, 6.07) is 5.94. The number of rotatable bonds is 5. The summed E-state index contributed by atoms with van der Waals surface area (Å²) in [7, 11) is 1.86. The van der Waals surface area contributed by atoms with Crippen molar-refractivity contribution in [1.29, 1.82) is 0 Å². The van der Waals surface area contributed by atoms with Crippen molar-refractivity contribution in [3.05, 3.63) is 48.7 Å². The first kappa shape index (κ1) is 13.4. The van der Waals surface area contributed by atoms with Crippen LogP contribution < -0.4 is 10.2 Å². The van der Waals surface area contributed by atoms with Crippen molar-refractivity contribution in [3.63, 3.8) is 0 Å². The molecule has 0 spiro atoms. The van der Waals surface area contributed by atoms with Gasteiger partial charge in [0.15, 0.2) is 11.5 Å². The molecule has 0 aliphatic heterocycles. The molecule has 0 bridgehead atoms. The van der Waals surface area contributed by atoms with Gasteiger partial charge in [-0.25, -0.2) is 9.97 Å². The van der Waals surface area contributed by atoms with Crippen LogP contribution in [0.2, 0.25) is 0 Å². The molecule has 3 heterocycles. The van der Waals surface area contributed by atoms with E-state index in [0.29, 0.717) is 6.54 Å². The molecule has 0 saturated carbocycles. The van der Waals surface area contributed by atoms with E-state index < -0.39 is 0 Å². The third kappa shape index (κ3) is 2.65. The van der Waals surface area contributed by atoms with Crippen molar-refractivity contribution in [2.75, 3.05) is 23.8 Å². The first-order valence-electron chi connectivity index (χ1n) is 6.98. The molecule has 21 heavy (non-hydrogen) atoms. The zero-order valence-electron chi connectivity index (χ0n) is 12.2. The lowest BCUT2D eigenvalue weighted by molar-refractivity contribution is 0.793. The van der Waals surface area contributed by atoms with E-state index in [1.807, 2.05) is 48.2 Å². The number of nitrogens with zero attached hydrogens (tertiary/aromatic N) is 5. The summed E-state index contributed by atoms with van der Waals surface area (Å²) >= 11 is 0. The third-order valence-corrected chi connectivity index (χ3v) is 3.37. The Bertz CT molecular complexity index is 721. The number of anilines is 2. The molecule has 0 amide bonds. The predicted octanol–water partition coefficient (Wildman–Crippen LogP) is 2.19. The second kappa shape index (κ2) is 5.78. The average molecular weight is 282 g/mol. The number of hydrogen-bond acceptors (Lipinski definition) is 5. The summed E-state index contributed by atoms with van der Waals surface area (Å²) in [5.74, 6) is 1.68. The molecule has 0 radical (unpaired) electrons. The van der Waals surface area contributed by atoms with E-state index in [2.05, 4.69) is 32.1 Å². The molecule has 0 aliphatic carbocycles. The zero-order valence-corrected chi connectivity index (χ0v) is 12.2. The second-order valence-electron chi connectivity index (χ2n) is 4.69. The van der Waals surface area contributed by atoms with Gasteiger partial charge in [-0.15, -0.1) is 0 Å². The van der Waals surface area contributed by atoms with E-state index in [1.165, 1.54) is 0 Å². The highest BCUT2D eigenvalue weighted by Crippen LogP contribution is 2.21. The molecule has 0 aliphatic rings. The molecule has 0 fully saturated rings. The van der Waals surface area contributed by atoms with Gasteiger partial charge in [-0.1, -0.05) is 6.07 Å². The molecule has 3 rings (SSSR count). The van der Waals surface area contributed by atoms with E-state index in [0.717, 1.165) is 29.5 Å². The molecular weight excluding hydrogens is 264 g/mol. The van der Waals surface area contributed by atoms with Gasteiger partial charge < -0.3 is 14.6 Å². The minimum Gasteiger partial charge on any atom is -0.372 e. The Morgan fingerprint density at radius 3 is 2.86 bits per heavy atom. The molecule has 1 N–H and O–H groups in total. The minimum absolute atomic E-state index is 0.708. The molecule has 0 saturated heterocycles. The Labute approximate surface area is 123 Å². The Hall–Kier alpha value is -2.63. The van der Waals surface area contributed by atoms with Gasteiger partial charge in [0.25, 0.3) is 0 Å². The number of nitrogens with one attached hydrogen (secondary N) is 1. The molecule has 0 aromatic carbocycles. The van der Waals surface area contributed by atoms with Gasteiger partial charge in [0.1, 0.15) is 5.82 Å². The lowest BCUT2D eigenvalue weighted by atomic mass is 10.3. The smallest absolute Gasteiger partial charge is 0.180 e. The lowest BCUT2D eigenvalue weighted by Crippen LogP contribution is -2.24. The fourth-order valence-electron chi connectivity index (χ4n) is 2.27. The van der Waals surface area contributed by atoms with Crippen LogP contribution in [-0.2, 0) is 6.54 Å². The number of imidazole rings is 1. The highest BCUT2D eigenvalue weighted by molar-refractivity contribution is 5.66. The predicted molar refractivity (Wildman–Crippen MR) is 83.5 cm³/mol. The van der Waals surface area contributed by atoms with Crippen molar-refractivity contribution >= 4 is 17.3 Å². The summed E-state index contributed by atoms with van der Waals surface area (Å²) in [5, 5.41) is 3.09. The van der Waals surface area contributed by atoms with Crippen molar-refractivity contribution in [1.82, 2.24) is 19.4 Å². The van der Waals surface area contributed by atoms with E-state index in [9.17, 15) is 0 Å².